The highest BCUT2D eigenvalue weighted by molar-refractivity contribution is 5.82. The van der Waals surface area contributed by atoms with Crippen LogP contribution < -0.4 is 0 Å². The van der Waals surface area contributed by atoms with Gasteiger partial charge in [-0.2, -0.15) is 0 Å². The summed E-state index contributed by atoms with van der Waals surface area (Å²) in [6.07, 6.45) is -0.787. The summed E-state index contributed by atoms with van der Waals surface area (Å²) in [7, 11) is 1.32. The Bertz CT molecular complexity index is 686. The third-order valence-corrected chi connectivity index (χ3v) is 3.35. The first kappa shape index (κ1) is 16.4. The highest BCUT2D eigenvalue weighted by Crippen LogP contribution is 2.28. The van der Waals surface area contributed by atoms with Gasteiger partial charge in [0.05, 0.1) is 0 Å². The molecule has 0 aliphatic carbocycles. The van der Waals surface area contributed by atoms with Gasteiger partial charge in [-0.1, -0.05) is 48.5 Å². The number of aromatic hydroxyl groups is 1. The molecule has 0 spiro atoms. The number of amides is 1. The molecule has 2 aromatic rings. The van der Waals surface area contributed by atoms with Crippen molar-refractivity contribution in [3.8, 4) is 5.75 Å². The number of para-hydroxylation sites is 1. The fourth-order valence-corrected chi connectivity index (χ4v) is 2.15. The Morgan fingerprint density at radius 3 is 2.30 bits per heavy atom. The van der Waals surface area contributed by atoms with E-state index in [2.05, 4.69) is 0 Å². The quantitative estimate of drug-likeness (QED) is 0.886. The monoisotopic (exact) mass is 315 g/mol. The number of carbonyl (C=O) groups is 2. The SMILES string of the molecule is CN(C(=O)OCc1ccccc1)C(C(=O)O)c1ccccc1O. The highest BCUT2D eigenvalue weighted by atomic mass is 16.6. The molecular formula is C17H17NO5. The summed E-state index contributed by atoms with van der Waals surface area (Å²) in [6, 6.07) is 13.7. The first-order valence-electron chi connectivity index (χ1n) is 6.95. The first-order valence-corrected chi connectivity index (χ1v) is 6.95. The van der Waals surface area contributed by atoms with Crippen LogP contribution in [0.3, 0.4) is 0 Å². The fraction of sp³-hybridized carbons (Fsp3) is 0.176. The van der Waals surface area contributed by atoms with E-state index in [1.54, 1.807) is 24.3 Å². The van der Waals surface area contributed by atoms with Gasteiger partial charge in [0, 0.05) is 12.6 Å². The summed E-state index contributed by atoms with van der Waals surface area (Å²) in [4.78, 5) is 24.6. The summed E-state index contributed by atoms with van der Waals surface area (Å²) in [5.74, 6) is -1.45. The van der Waals surface area contributed by atoms with Crippen molar-refractivity contribution in [3.63, 3.8) is 0 Å². The molecule has 0 aliphatic rings. The molecule has 0 fully saturated rings. The Balaban J connectivity index is 2.12. The number of hydrogen-bond acceptors (Lipinski definition) is 4. The van der Waals surface area contributed by atoms with Crippen LogP contribution >= 0.6 is 0 Å². The molecule has 1 unspecified atom stereocenters. The van der Waals surface area contributed by atoms with Gasteiger partial charge in [0.15, 0.2) is 6.04 Å². The third kappa shape index (κ3) is 4.00. The maximum Gasteiger partial charge on any atom is 0.410 e. The molecule has 120 valence electrons. The predicted octanol–water partition coefficient (Wildman–Crippen LogP) is 2.79. The Labute approximate surface area is 133 Å². The number of carbonyl (C=O) groups excluding carboxylic acids is 1. The van der Waals surface area contributed by atoms with Crippen molar-refractivity contribution >= 4 is 12.1 Å². The normalized spacial score (nSPS) is 11.5. The molecule has 0 bridgehead atoms. The Morgan fingerprint density at radius 2 is 1.70 bits per heavy atom. The van der Waals surface area contributed by atoms with Crippen LogP contribution in [0.1, 0.15) is 17.2 Å². The van der Waals surface area contributed by atoms with Gasteiger partial charge in [-0.25, -0.2) is 9.59 Å². The second-order valence-electron chi connectivity index (χ2n) is 4.95. The molecule has 1 amide bonds. The molecule has 0 radical (unpaired) electrons. The Morgan fingerprint density at radius 1 is 1.09 bits per heavy atom. The van der Waals surface area contributed by atoms with Crippen LogP contribution in [-0.2, 0) is 16.1 Å². The zero-order valence-electron chi connectivity index (χ0n) is 12.5. The molecule has 23 heavy (non-hydrogen) atoms. The minimum atomic E-state index is -1.33. The Hall–Kier alpha value is -3.02. The lowest BCUT2D eigenvalue weighted by molar-refractivity contribution is -0.142. The number of rotatable bonds is 5. The van der Waals surface area contributed by atoms with E-state index < -0.39 is 18.1 Å². The van der Waals surface area contributed by atoms with E-state index in [0.717, 1.165) is 10.5 Å². The second kappa shape index (κ2) is 7.31. The highest BCUT2D eigenvalue weighted by Gasteiger charge is 2.31. The van der Waals surface area contributed by atoms with Gasteiger partial charge in [0.2, 0.25) is 0 Å². The van der Waals surface area contributed by atoms with Crippen LogP contribution in [0.2, 0.25) is 0 Å². The summed E-state index contributed by atoms with van der Waals surface area (Å²) >= 11 is 0. The number of benzene rings is 2. The predicted molar refractivity (Wildman–Crippen MR) is 82.9 cm³/mol. The van der Waals surface area contributed by atoms with Gasteiger partial charge >= 0.3 is 12.1 Å². The molecular weight excluding hydrogens is 298 g/mol. The van der Waals surface area contributed by atoms with Crippen LogP contribution in [0.5, 0.6) is 5.75 Å². The van der Waals surface area contributed by atoms with E-state index in [-0.39, 0.29) is 17.9 Å². The van der Waals surface area contributed by atoms with Crippen molar-refractivity contribution in [2.24, 2.45) is 0 Å². The van der Waals surface area contributed by atoms with Crippen molar-refractivity contribution in [3.05, 3.63) is 65.7 Å². The number of ether oxygens (including phenoxy) is 1. The number of carboxylic acids is 1. The van der Waals surface area contributed by atoms with Gasteiger partial charge in [-0.3, -0.25) is 4.90 Å². The molecule has 1 atom stereocenters. The smallest absolute Gasteiger partial charge is 0.410 e. The second-order valence-corrected chi connectivity index (χ2v) is 4.95. The molecule has 2 rings (SSSR count). The van der Waals surface area contributed by atoms with Crippen LogP contribution in [0.4, 0.5) is 4.79 Å². The zero-order chi connectivity index (χ0) is 16.8. The Kier molecular flexibility index (Phi) is 5.19. The number of hydrogen-bond donors (Lipinski definition) is 2. The third-order valence-electron chi connectivity index (χ3n) is 3.35. The molecule has 6 nitrogen and oxygen atoms in total. The number of carboxylic acid groups (broad SMARTS) is 1. The van der Waals surface area contributed by atoms with Crippen molar-refractivity contribution in [2.45, 2.75) is 12.6 Å². The molecule has 0 aliphatic heterocycles. The van der Waals surface area contributed by atoms with Crippen LogP contribution in [0.25, 0.3) is 0 Å². The molecule has 0 saturated carbocycles. The minimum Gasteiger partial charge on any atom is -0.508 e. The lowest BCUT2D eigenvalue weighted by Gasteiger charge is -2.25. The lowest BCUT2D eigenvalue weighted by atomic mass is 10.1. The zero-order valence-corrected chi connectivity index (χ0v) is 12.5. The molecule has 2 N–H and O–H groups in total. The van der Waals surface area contributed by atoms with Crippen molar-refractivity contribution < 1.29 is 24.5 Å². The van der Waals surface area contributed by atoms with Crippen molar-refractivity contribution in [1.29, 1.82) is 0 Å². The van der Waals surface area contributed by atoms with Gasteiger partial charge < -0.3 is 14.9 Å². The molecule has 2 aromatic carbocycles. The van der Waals surface area contributed by atoms with Gasteiger partial charge in [0.1, 0.15) is 12.4 Å². The van der Waals surface area contributed by atoms with E-state index in [4.69, 9.17) is 4.74 Å². The number of phenols is 1. The molecule has 0 heterocycles. The van der Waals surface area contributed by atoms with Crippen molar-refractivity contribution in [2.75, 3.05) is 7.05 Å². The summed E-state index contributed by atoms with van der Waals surface area (Å²) in [6.45, 7) is 0.0388. The molecule has 0 saturated heterocycles. The van der Waals surface area contributed by atoms with Gasteiger partial charge in [0.25, 0.3) is 0 Å². The molecule has 0 aromatic heterocycles. The maximum absolute atomic E-state index is 12.1. The minimum absolute atomic E-state index is 0.0388. The van der Waals surface area contributed by atoms with Crippen LogP contribution in [0, 0.1) is 0 Å². The number of phenolic OH excluding ortho intramolecular Hbond substituents is 1. The van der Waals surface area contributed by atoms with Crippen LogP contribution in [-0.4, -0.2) is 34.2 Å². The van der Waals surface area contributed by atoms with E-state index in [1.165, 1.54) is 19.2 Å². The number of aliphatic carboxylic acids is 1. The summed E-state index contributed by atoms with van der Waals surface area (Å²) in [5.41, 5.74) is 0.919. The fourth-order valence-electron chi connectivity index (χ4n) is 2.15. The number of nitrogens with zero attached hydrogens (tertiary/aromatic N) is 1. The topological polar surface area (TPSA) is 87.1 Å². The lowest BCUT2D eigenvalue weighted by Crippen LogP contribution is -2.36. The summed E-state index contributed by atoms with van der Waals surface area (Å²) in [5, 5.41) is 19.2. The van der Waals surface area contributed by atoms with E-state index in [1.807, 2.05) is 18.2 Å². The maximum atomic E-state index is 12.1. The number of likely N-dealkylation sites (N-methyl/N-ethyl adjacent to an activating group) is 1. The largest absolute Gasteiger partial charge is 0.508 e. The molecule has 6 heteroatoms. The van der Waals surface area contributed by atoms with E-state index >= 15 is 0 Å². The summed E-state index contributed by atoms with van der Waals surface area (Å²) < 4.78 is 5.12. The van der Waals surface area contributed by atoms with Gasteiger partial charge in [-0.05, 0) is 11.6 Å². The standard InChI is InChI=1S/C17H17NO5/c1-18(17(22)23-11-12-7-3-2-4-8-12)15(16(20)21)13-9-5-6-10-14(13)19/h2-10,15,19H,11H2,1H3,(H,20,21). The first-order chi connectivity index (χ1) is 11.0. The average molecular weight is 315 g/mol. The van der Waals surface area contributed by atoms with E-state index in [9.17, 15) is 19.8 Å². The van der Waals surface area contributed by atoms with Crippen LogP contribution in [0.15, 0.2) is 54.6 Å². The average Bonchev–Trinajstić information content (AvgIpc) is 2.55. The van der Waals surface area contributed by atoms with E-state index in [0.29, 0.717) is 0 Å². The van der Waals surface area contributed by atoms with Gasteiger partial charge in [-0.15, -0.1) is 0 Å². The van der Waals surface area contributed by atoms with Crippen molar-refractivity contribution in [1.82, 2.24) is 4.90 Å².